The number of anilines is 1. The van der Waals surface area contributed by atoms with Gasteiger partial charge in [0.25, 0.3) is 0 Å². The summed E-state index contributed by atoms with van der Waals surface area (Å²) >= 11 is 0. The van der Waals surface area contributed by atoms with E-state index in [4.69, 9.17) is 4.74 Å². The lowest BCUT2D eigenvalue weighted by molar-refractivity contribution is -0.0440. The van der Waals surface area contributed by atoms with Gasteiger partial charge in [-0.15, -0.1) is 0 Å². The van der Waals surface area contributed by atoms with Crippen LogP contribution in [0.4, 0.5) is 5.82 Å². The summed E-state index contributed by atoms with van der Waals surface area (Å²) in [5.41, 5.74) is 0. The smallest absolute Gasteiger partial charge is 0.246 e. The molecule has 0 spiro atoms. The predicted molar refractivity (Wildman–Crippen MR) is 77.2 cm³/mol. The zero-order valence-electron chi connectivity index (χ0n) is 12.0. The van der Waals surface area contributed by atoms with Crippen molar-refractivity contribution in [3.05, 3.63) is 18.3 Å². The molecule has 6 nitrogen and oxygen atoms in total. The quantitative estimate of drug-likeness (QED) is 0.907. The van der Waals surface area contributed by atoms with Crippen LogP contribution in [0.5, 0.6) is 0 Å². The van der Waals surface area contributed by atoms with Crippen LogP contribution in [0.15, 0.2) is 23.2 Å². The van der Waals surface area contributed by atoms with Gasteiger partial charge in [-0.25, -0.2) is 13.4 Å². The van der Waals surface area contributed by atoms with E-state index >= 15 is 0 Å². The van der Waals surface area contributed by atoms with Gasteiger partial charge >= 0.3 is 0 Å². The number of morpholine rings is 1. The molecule has 7 heteroatoms. The van der Waals surface area contributed by atoms with Crippen LogP contribution in [0.3, 0.4) is 0 Å². The van der Waals surface area contributed by atoms with Gasteiger partial charge in [-0.1, -0.05) is 0 Å². The van der Waals surface area contributed by atoms with Crippen LogP contribution in [0.25, 0.3) is 0 Å². The van der Waals surface area contributed by atoms with Crippen LogP contribution in [0.1, 0.15) is 20.8 Å². The van der Waals surface area contributed by atoms with Crippen LogP contribution in [-0.2, 0) is 14.8 Å². The Labute approximate surface area is 120 Å². The minimum Gasteiger partial charge on any atom is -0.373 e. The third-order valence-electron chi connectivity index (χ3n) is 3.12. The Morgan fingerprint density at radius 2 is 2.05 bits per heavy atom. The molecular formula is C13H21N3O3S. The van der Waals surface area contributed by atoms with Crippen molar-refractivity contribution in [2.45, 2.75) is 37.9 Å². The first-order valence-corrected chi connectivity index (χ1v) is 8.23. The molecule has 0 radical (unpaired) electrons. The minimum absolute atomic E-state index is 0.104. The van der Waals surface area contributed by atoms with Gasteiger partial charge in [0.2, 0.25) is 10.0 Å². The standard InChI is InChI=1S/C13H21N3O3S/c1-4-14-13-12(6-5-7-15-13)20(17,18)16-8-10(2)19-11(3)9-16/h5-7,10-11H,4,8-9H2,1-3H3,(H,14,15). The van der Waals surface area contributed by atoms with E-state index in [2.05, 4.69) is 10.3 Å². The summed E-state index contributed by atoms with van der Waals surface area (Å²) in [5, 5.41) is 3.00. The molecule has 2 heterocycles. The highest BCUT2D eigenvalue weighted by Crippen LogP contribution is 2.25. The molecule has 1 aromatic rings. The second-order valence-electron chi connectivity index (χ2n) is 4.96. The molecule has 2 rings (SSSR count). The van der Waals surface area contributed by atoms with Crippen LogP contribution < -0.4 is 5.32 Å². The molecule has 1 aliphatic rings. The fourth-order valence-corrected chi connectivity index (χ4v) is 4.08. The van der Waals surface area contributed by atoms with Crippen molar-refractivity contribution in [2.24, 2.45) is 0 Å². The molecule has 0 aliphatic carbocycles. The van der Waals surface area contributed by atoms with E-state index in [0.29, 0.717) is 25.5 Å². The molecule has 0 aromatic carbocycles. The third kappa shape index (κ3) is 3.11. The molecule has 2 unspecified atom stereocenters. The average molecular weight is 299 g/mol. The SMILES string of the molecule is CCNc1ncccc1S(=O)(=O)N1CC(C)OC(C)C1. The van der Waals surface area contributed by atoms with Gasteiger partial charge in [-0.05, 0) is 32.9 Å². The van der Waals surface area contributed by atoms with E-state index < -0.39 is 10.0 Å². The molecule has 1 N–H and O–H groups in total. The Morgan fingerprint density at radius 3 is 2.65 bits per heavy atom. The van der Waals surface area contributed by atoms with E-state index in [1.165, 1.54) is 4.31 Å². The molecule has 1 aliphatic heterocycles. The van der Waals surface area contributed by atoms with E-state index in [9.17, 15) is 8.42 Å². The lowest BCUT2D eigenvalue weighted by Crippen LogP contribution is -2.48. The second-order valence-corrected chi connectivity index (χ2v) is 6.87. The molecule has 1 aromatic heterocycles. The first-order valence-electron chi connectivity index (χ1n) is 6.79. The van der Waals surface area contributed by atoms with Gasteiger partial charge in [-0.3, -0.25) is 0 Å². The minimum atomic E-state index is -3.55. The van der Waals surface area contributed by atoms with Crippen molar-refractivity contribution < 1.29 is 13.2 Å². The Hall–Kier alpha value is -1.18. The number of sulfonamides is 1. The fourth-order valence-electron chi connectivity index (χ4n) is 2.36. The van der Waals surface area contributed by atoms with E-state index in [1.807, 2.05) is 20.8 Å². The van der Waals surface area contributed by atoms with Crippen molar-refractivity contribution in [3.8, 4) is 0 Å². The molecule has 20 heavy (non-hydrogen) atoms. The largest absolute Gasteiger partial charge is 0.373 e. The summed E-state index contributed by atoms with van der Waals surface area (Å²) in [6.07, 6.45) is 1.38. The molecule has 0 saturated carbocycles. The van der Waals surface area contributed by atoms with Crippen molar-refractivity contribution in [2.75, 3.05) is 25.0 Å². The Morgan fingerprint density at radius 1 is 1.40 bits per heavy atom. The molecule has 1 saturated heterocycles. The number of aromatic nitrogens is 1. The summed E-state index contributed by atoms with van der Waals surface area (Å²) in [6.45, 7) is 7.03. The summed E-state index contributed by atoms with van der Waals surface area (Å²) in [5.74, 6) is 0.404. The van der Waals surface area contributed by atoms with E-state index in [1.54, 1.807) is 18.3 Å². The number of pyridine rings is 1. The molecule has 112 valence electrons. The number of nitrogens with zero attached hydrogens (tertiary/aromatic N) is 2. The van der Waals surface area contributed by atoms with Gasteiger partial charge in [-0.2, -0.15) is 4.31 Å². The lowest BCUT2D eigenvalue weighted by Gasteiger charge is -2.34. The maximum atomic E-state index is 12.8. The summed E-state index contributed by atoms with van der Waals surface area (Å²) < 4.78 is 32.6. The molecule has 1 fully saturated rings. The first-order chi connectivity index (χ1) is 9.45. The van der Waals surface area contributed by atoms with E-state index in [-0.39, 0.29) is 17.1 Å². The first kappa shape index (κ1) is 15.2. The number of hydrogen-bond acceptors (Lipinski definition) is 5. The van der Waals surface area contributed by atoms with Crippen molar-refractivity contribution in [1.29, 1.82) is 0 Å². The highest BCUT2D eigenvalue weighted by molar-refractivity contribution is 7.89. The second kappa shape index (κ2) is 6.07. The van der Waals surface area contributed by atoms with Gasteiger partial charge in [0.1, 0.15) is 10.7 Å². The number of nitrogens with one attached hydrogen (secondary N) is 1. The van der Waals surface area contributed by atoms with Crippen molar-refractivity contribution in [1.82, 2.24) is 9.29 Å². The maximum Gasteiger partial charge on any atom is 0.246 e. The summed E-state index contributed by atoms with van der Waals surface area (Å²) in [4.78, 5) is 4.34. The van der Waals surface area contributed by atoms with Gasteiger partial charge in [0, 0.05) is 25.8 Å². The predicted octanol–water partition coefficient (Wildman–Crippen LogP) is 1.31. The van der Waals surface area contributed by atoms with Crippen LogP contribution in [-0.4, -0.2) is 49.5 Å². The monoisotopic (exact) mass is 299 g/mol. The van der Waals surface area contributed by atoms with E-state index in [0.717, 1.165) is 0 Å². The highest BCUT2D eigenvalue weighted by Gasteiger charge is 2.33. The van der Waals surface area contributed by atoms with Crippen LogP contribution in [0.2, 0.25) is 0 Å². The Kier molecular flexibility index (Phi) is 4.62. The Bertz CT molecular complexity index is 552. The lowest BCUT2D eigenvalue weighted by atomic mass is 10.3. The normalized spacial score (nSPS) is 24.6. The average Bonchev–Trinajstić information content (AvgIpc) is 2.38. The highest BCUT2D eigenvalue weighted by atomic mass is 32.2. The zero-order chi connectivity index (χ0) is 14.8. The number of rotatable bonds is 4. The molecule has 0 amide bonds. The molecule has 2 atom stereocenters. The van der Waals surface area contributed by atoms with Gasteiger partial charge in [0.05, 0.1) is 12.2 Å². The van der Waals surface area contributed by atoms with Gasteiger partial charge in [0.15, 0.2) is 0 Å². The van der Waals surface area contributed by atoms with Crippen LogP contribution >= 0.6 is 0 Å². The van der Waals surface area contributed by atoms with Crippen LogP contribution in [0, 0.1) is 0 Å². The fraction of sp³-hybridized carbons (Fsp3) is 0.615. The van der Waals surface area contributed by atoms with Crippen molar-refractivity contribution >= 4 is 15.8 Å². The third-order valence-corrected chi connectivity index (χ3v) is 4.98. The molecule has 0 bridgehead atoms. The summed E-state index contributed by atoms with van der Waals surface area (Å²) in [7, 11) is -3.55. The number of ether oxygens (including phenoxy) is 1. The Balaban J connectivity index is 2.35. The molecular weight excluding hydrogens is 278 g/mol. The maximum absolute atomic E-state index is 12.8. The zero-order valence-corrected chi connectivity index (χ0v) is 12.9. The van der Waals surface area contributed by atoms with Crippen molar-refractivity contribution in [3.63, 3.8) is 0 Å². The topological polar surface area (TPSA) is 71.5 Å². The number of hydrogen-bond donors (Lipinski definition) is 1. The summed E-state index contributed by atoms with van der Waals surface area (Å²) in [6, 6.07) is 3.23. The van der Waals surface area contributed by atoms with Gasteiger partial charge < -0.3 is 10.1 Å².